The minimum atomic E-state index is -2.14. The lowest BCUT2D eigenvalue weighted by molar-refractivity contribution is -0.330. The molecule has 0 amide bonds. The molecule has 0 aromatic heterocycles. The predicted octanol–water partition coefficient (Wildman–Crippen LogP) is 1.63. The number of rotatable bonds is 7. The Morgan fingerprint density at radius 3 is 1.19 bits per heavy atom. The van der Waals surface area contributed by atoms with Crippen molar-refractivity contribution in [2.75, 3.05) is 0 Å². The Kier molecular flexibility index (Phi) is 8.57. The van der Waals surface area contributed by atoms with Crippen LogP contribution in [0.1, 0.15) is 34.1 Å². The van der Waals surface area contributed by atoms with Crippen molar-refractivity contribution in [3.05, 3.63) is 0 Å². The molecule has 6 nitrogen and oxygen atoms in total. The maximum atomic E-state index is 11.7. The molecule has 0 radical (unpaired) electrons. The summed E-state index contributed by atoms with van der Waals surface area (Å²) in [5.74, 6) is -4.52. The van der Waals surface area contributed by atoms with Crippen molar-refractivity contribution >= 4 is 55.8 Å². The zero-order valence-electron chi connectivity index (χ0n) is 12.2. The van der Waals surface area contributed by atoms with E-state index in [0.717, 1.165) is 0 Å². The molecule has 0 aromatic carbocycles. The molecular weight excluding hydrogens is 336 g/mol. The Balaban J connectivity index is 5.32. The molecular formula is C12H20O6S3. The third-order valence-electron chi connectivity index (χ3n) is 2.22. The van der Waals surface area contributed by atoms with Crippen molar-refractivity contribution < 1.29 is 28.6 Å². The number of carbonyl (C=O) groups is 3. The summed E-state index contributed by atoms with van der Waals surface area (Å²) in [6.07, 6.45) is -0.0856. The van der Waals surface area contributed by atoms with E-state index < -0.39 is 39.6 Å². The average molecular weight is 356 g/mol. The largest absolute Gasteiger partial charge is 0.423 e. The summed E-state index contributed by atoms with van der Waals surface area (Å²) in [6.45, 7) is 5.94. The van der Waals surface area contributed by atoms with E-state index in [0.29, 0.717) is 0 Å². The second-order valence-electron chi connectivity index (χ2n) is 4.33. The Labute approximate surface area is 140 Å². The fourth-order valence-electron chi connectivity index (χ4n) is 0.995. The molecule has 0 bridgehead atoms. The smallest absolute Gasteiger partial charge is 0.387 e. The van der Waals surface area contributed by atoms with Crippen LogP contribution in [0.3, 0.4) is 0 Å². The third-order valence-corrected chi connectivity index (χ3v) is 2.86. The fraction of sp³-hybridized carbons (Fsp3) is 0.750. The molecule has 21 heavy (non-hydrogen) atoms. The predicted molar refractivity (Wildman–Crippen MR) is 86.6 cm³/mol. The molecule has 0 rings (SSSR count). The van der Waals surface area contributed by atoms with Crippen molar-refractivity contribution in [1.82, 2.24) is 0 Å². The Morgan fingerprint density at radius 2 is 1.05 bits per heavy atom. The number of hydrogen-bond donors (Lipinski definition) is 3. The molecule has 0 aliphatic carbocycles. The van der Waals surface area contributed by atoms with Gasteiger partial charge in [0.15, 0.2) is 0 Å². The molecule has 0 saturated carbocycles. The zero-order valence-corrected chi connectivity index (χ0v) is 14.9. The lowest BCUT2D eigenvalue weighted by Gasteiger charge is -2.31. The average Bonchev–Trinajstić information content (AvgIpc) is 2.37. The minimum Gasteiger partial charge on any atom is -0.387 e. The van der Waals surface area contributed by atoms with Gasteiger partial charge in [0.1, 0.15) is 0 Å². The minimum absolute atomic E-state index is 0.0856. The summed E-state index contributed by atoms with van der Waals surface area (Å²) in [5, 5.41) is -2.35. The van der Waals surface area contributed by atoms with E-state index in [-0.39, 0.29) is 6.42 Å². The molecule has 0 saturated heterocycles. The fourth-order valence-corrected chi connectivity index (χ4v) is 1.15. The van der Waals surface area contributed by atoms with Gasteiger partial charge in [-0.3, -0.25) is 14.4 Å². The summed E-state index contributed by atoms with van der Waals surface area (Å²) >= 11 is 11.8. The van der Waals surface area contributed by atoms with Crippen LogP contribution in [0.2, 0.25) is 0 Å². The Morgan fingerprint density at radius 1 is 0.810 bits per heavy atom. The first-order valence-electron chi connectivity index (χ1n) is 6.27. The highest BCUT2D eigenvalue weighted by Crippen LogP contribution is 2.24. The molecule has 0 heterocycles. The Hall–Kier alpha value is -0.540. The van der Waals surface area contributed by atoms with E-state index in [1.54, 1.807) is 0 Å². The zero-order chi connectivity index (χ0) is 16.8. The maximum absolute atomic E-state index is 11.7. The maximum Gasteiger partial charge on any atom is 0.423 e. The molecule has 0 fully saturated rings. The molecule has 0 aliphatic heterocycles. The van der Waals surface area contributed by atoms with Crippen LogP contribution >= 0.6 is 37.9 Å². The van der Waals surface area contributed by atoms with Crippen LogP contribution in [0.25, 0.3) is 0 Å². The van der Waals surface area contributed by atoms with Crippen molar-refractivity contribution in [3.63, 3.8) is 0 Å². The summed E-state index contributed by atoms with van der Waals surface area (Å²) in [5.41, 5.74) is 0. The first-order valence-corrected chi connectivity index (χ1v) is 7.82. The third kappa shape index (κ3) is 6.84. The van der Waals surface area contributed by atoms with E-state index >= 15 is 0 Å². The van der Waals surface area contributed by atoms with Crippen LogP contribution in [0.15, 0.2) is 0 Å². The van der Waals surface area contributed by atoms with Gasteiger partial charge in [-0.1, -0.05) is 6.92 Å². The lowest BCUT2D eigenvalue weighted by Crippen LogP contribution is -2.47. The van der Waals surface area contributed by atoms with E-state index in [1.807, 2.05) is 0 Å². The van der Waals surface area contributed by atoms with E-state index in [1.165, 1.54) is 27.7 Å². The van der Waals surface area contributed by atoms with Crippen LogP contribution in [-0.2, 0) is 28.6 Å². The standard InChI is InChI=1S/C12H20O6S3/c1-5-12(16-9(13)6(2)19,17-10(14)7(3)20)18-11(15)8(4)21/h6-8,19-21H,5H2,1-4H3. The highest BCUT2D eigenvalue weighted by molar-refractivity contribution is 7.82. The van der Waals surface area contributed by atoms with E-state index in [9.17, 15) is 14.4 Å². The molecule has 0 spiro atoms. The number of esters is 3. The summed E-state index contributed by atoms with van der Waals surface area (Å²) in [7, 11) is 0. The highest BCUT2D eigenvalue weighted by atomic mass is 32.1. The lowest BCUT2D eigenvalue weighted by atomic mass is 10.3. The van der Waals surface area contributed by atoms with Crippen LogP contribution in [0.5, 0.6) is 0 Å². The topological polar surface area (TPSA) is 78.9 Å². The quantitative estimate of drug-likeness (QED) is 0.366. The van der Waals surface area contributed by atoms with Gasteiger partial charge in [-0.25, -0.2) is 0 Å². The normalized spacial score (nSPS) is 17.9. The van der Waals surface area contributed by atoms with Gasteiger partial charge in [0, 0.05) is 0 Å². The SMILES string of the molecule is CCC(OC(=O)C(C)S)(OC(=O)C(C)S)OC(=O)C(C)S. The van der Waals surface area contributed by atoms with Crippen LogP contribution in [0.4, 0.5) is 0 Å². The number of thiol groups is 3. The first-order chi connectivity index (χ1) is 9.54. The van der Waals surface area contributed by atoms with Gasteiger partial charge >= 0.3 is 23.9 Å². The molecule has 3 atom stereocenters. The second kappa shape index (κ2) is 8.79. The molecule has 0 N–H and O–H groups in total. The van der Waals surface area contributed by atoms with Gasteiger partial charge in [-0.15, -0.1) is 0 Å². The van der Waals surface area contributed by atoms with Crippen molar-refractivity contribution in [2.45, 2.75) is 55.8 Å². The van der Waals surface area contributed by atoms with Crippen molar-refractivity contribution in [1.29, 1.82) is 0 Å². The summed E-state index contributed by atoms with van der Waals surface area (Å²) in [6, 6.07) is 0. The van der Waals surface area contributed by atoms with Crippen LogP contribution in [0, 0.1) is 0 Å². The molecule has 3 unspecified atom stereocenters. The van der Waals surface area contributed by atoms with E-state index in [2.05, 4.69) is 37.9 Å². The molecule has 0 aliphatic rings. The van der Waals surface area contributed by atoms with Crippen LogP contribution in [-0.4, -0.2) is 39.6 Å². The van der Waals surface area contributed by atoms with Gasteiger partial charge in [-0.05, 0) is 20.8 Å². The Bertz CT molecular complexity index is 339. The number of ether oxygens (including phenoxy) is 3. The second-order valence-corrected chi connectivity index (χ2v) is 6.65. The molecule has 122 valence electrons. The number of carbonyl (C=O) groups excluding carboxylic acids is 3. The van der Waals surface area contributed by atoms with Gasteiger partial charge in [-0.2, -0.15) is 37.9 Å². The van der Waals surface area contributed by atoms with E-state index in [4.69, 9.17) is 14.2 Å². The monoisotopic (exact) mass is 356 g/mol. The van der Waals surface area contributed by atoms with Gasteiger partial charge < -0.3 is 14.2 Å². The molecule has 0 aromatic rings. The first kappa shape index (κ1) is 20.5. The molecule has 9 heteroatoms. The summed E-state index contributed by atoms with van der Waals surface area (Å²) in [4.78, 5) is 35.1. The van der Waals surface area contributed by atoms with Crippen molar-refractivity contribution in [3.8, 4) is 0 Å². The van der Waals surface area contributed by atoms with Gasteiger partial charge in [0.05, 0.1) is 22.2 Å². The van der Waals surface area contributed by atoms with Gasteiger partial charge in [0.25, 0.3) is 0 Å². The number of hydrogen-bond acceptors (Lipinski definition) is 9. The van der Waals surface area contributed by atoms with Gasteiger partial charge in [0.2, 0.25) is 0 Å². The van der Waals surface area contributed by atoms with Crippen LogP contribution < -0.4 is 0 Å². The summed E-state index contributed by atoms with van der Waals surface area (Å²) < 4.78 is 15.1. The highest BCUT2D eigenvalue weighted by Gasteiger charge is 2.43. The van der Waals surface area contributed by atoms with Crippen molar-refractivity contribution in [2.24, 2.45) is 0 Å².